The highest BCUT2D eigenvalue weighted by Gasteiger charge is 2.34. The van der Waals surface area contributed by atoms with Gasteiger partial charge >= 0.3 is 6.18 Å². The lowest BCUT2D eigenvalue weighted by Gasteiger charge is -2.25. The standard InChI is InChI=1S/C14H16F4N2O/c1-19-8-10-3-2-6-20(10)13(21)11-7-9(14(16,17)18)4-5-12(11)15/h4-5,7,10,19H,2-3,6,8H2,1H3. The van der Waals surface area contributed by atoms with Crippen molar-refractivity contribution in [3.8, 4) is 0 Å². The Labute approximate surface area is 119 Å². The van der Waals surface area contributed by atoms with E-state index in [1.165, 1.54) is 4.90 Å². The van der Waals surface area contributed by atoms with Crippen molar-refractivity contribution >= 4 is 5.91 Å². The fraction of sp³-hybridized carbons (Fsp3) is 0.500. The highest BCUT2D eigenvalue weighted by Crippen LogP contribution is 2.31. The van der Waals surface area contributed by atoms with Crippen LogP contribution in [0.2, 0.25) is 0 Å². The van der Waals surface area contributed by atoms with Gasteiger partial charge in [-0.2, -0.15) is 13.2 Å². The Morgan fingerprint density at radius 1 is 1.43 bits per heavy atom. The summed E-state index contributed by atoms with van der Waals surface area (Å²) in [6, 6.07) is 1.81. The Morgan fingerprint density at radius 3 is 2.76 bits per heavy atom. The molecule has 3 nitrogen and oxygen atoms in total. The second-order valence-corrected chi connectivity index (χ2v) is 5.04. The lowest BCUT2D eigenvalue weighted by molar-refractivity contribution is -0.137. The normalized spacial score (nSPS) is 19.1. The molecule has 1 fully saturated rings. The molecule has 1 aliphatic rings. The number of likely N-dealkylation sites (tertiary alicyclic amines) is 1. The lowest BCUT2D eigenvalue weighted by Crippen LogP contribution is -2.41. The summed E-state index contributed by atoms with van der Waals surface area (Å²) < 4.78 is 51.8. The van der Waals surface area contributed by atoms with Crippen LogP contribution in [0, 0.1) is 5.82 Å². The van der Waals surface area contributed by atoms with E-state index in [1.807, 2.05) is 0 Å². The van der Waals surface area contributed by atoms with E-state index in [9.17, 15) is 22.4 Å². The molecular formula is C14H16F4N2O. The Balaban J connectivity index is 2.30. The predicted octanol–water partition coefficient (Wildman–Crippen LogP) is 2.67. The van der Waals surface area contributed by atoms with E-state index in [-0.39, 0.29) is 6.04 Å². The number of likely N-dealkylation sites (N-methyl/N-ethyl adjacent to an activating group) is 1. The highest BCUT2D eigenvalue weighted by atomic mass is 19.4. The van der Waals surface area contributed by atoms with E-state index in [1.54, 1.807) is 7.05 Å². The quantitative estimate of drug-likeness (QED) is 0.871. The third-order valence-corrected chi connectivity index (χ3v) is 3.60. The van der Waals surface area contributed by atoms with E-state index in [0.29, 0.717) is 31.3 Å². The van der Waals surface area contributed by atoms with Gasteiger partial charge in [-0.25, -0.2) is 4.39 Å². The van der Waals surface area contributed by atoms with E-state index in [2.05, 4.69) is 5.32 Å². The molecule has 1 unspecified atom stereocenters. The molecule has 7 heteroatoms. The van der Waals surface area contributed by atoms with Crippen molar-refractivity contribution in [1.29, 1.82) is 0 Å². The van der Waals surface area contributed by atoms with Crippen molar-refractivity contribution in [3.05, 3.63) is 35.1 Å². The molecule has 1 aromatic carbocycles. The number of alkyl halides is 3. The molecule has 0 radical (unpaired) electrons. The van der Waals surface area contributed by atoms with Crippen LogP contribution in [0.5, 0.6) is 0 Å². The number of hydrogen-bond acceptors (Lipinski definition) is 2. The van der Waals surface area contributed by atoms with Gasteiger partial charge in [-0.1, -0.05) is 0 Å². The first-order chi connectivity index (χ1) is 9.84. The van der Waals surface area contributed by atoms with Crippen LogP contribution in [0.4, 0.5) is 17.6 Å². The zero-order valence-corrected chi connectivity index (χ0v) is 11.5. The smallest absolute Gasteiger partial charge is 0.334 e. The van der Waals surface area contributed by atoms with Gasteiger partial charge in [0.05, 0.1) is 11.1 Å². The summed E-state index contributed by atoms with van der Waals surface area (Å²) in [4.78, 5) is 13.8. The molecule has 0 aliphatic carbocycles. The molecule has 1 heterocycles. The molecule has 1 N–H and O–H groups in total. The zero-order chi connectivity index (χ0) is 15.6. The van der Waals surface area contributed by atoms with Crippen molar-refractivity contribution in [2.75, 3.05) is 20.1 Å². The first-order valence-corrected chi connectivity index (χ1v) is 6.67. The number of hydrogen-bond donors (Lipinski definition) is 1. The average Bonchev–Trinajstić information content (AvgIpc) is 2.86. The highest BCUT2D eigenvalue weighted by molar-refractivity contribution is 5.95. The molecule has 0 aromatic heterocycles. The van der Waals surface area contributed by atoms with Crippen LogP contribution in [0.25, 0.3) is 0 Å². The summed E-state index contributed by atoms with van der Waals surface area (Å²) in [7, 11) is 1.73. The van der Waals surface area contributed by atoms with Crippen LogP contribution in [0.3, 0.4) is 0 Å². The second kappa shape index (κ2) is 6.01. The summed E-state index contributed by atoms with van der Waals surface area (Å²) >= 11 is 0. The van der Waals surface area contributed by atoms with Crippen molar-refractivity contribution in [2.24, 2.45) is 0 Å². The van der Waals surface area contributed by atoms with Crippen molar-refractivity contribution in [3.63, 3.8) is 0 Å². The molecule has 0 bridgehead atoms. The van der Waals surface area contributed by atoms with Gasteiger partial charge in [-0.05, 0) is 38.1 Å². The SMILES string of the molecule is CNCC1CCCN1C(=O)c1cc(C(F)(F)F)ccc1F. The van der Waals surface area contributed by atoms with Crippen molar-refractivity contribution in [2.45, 2.75) is 25.1 Å². The minimum Gasteiger partial charge on any atom is -0.334 e. The maximum Gasteiger partial charge on any atom is 0.416 e. The molecule has 21 heavy (non-hydrogen) atoms. The van der Waals surface area contributed by atoms with Gasteiger partial charge in [-0.3, -0.25) is 4.79 Å². The van der Waals surface area contributed by atoms with Gasteiger partial charge in [0.15, 0.2) is 0 Å². The van der Waals surface area contributed by atoms with Crippen LogP contribution in [-0.4, -0.2) is 37.0 Å². The average molecular weight is 304 g/mol. The van der Waals surface area contributed by atoms with Gasteiger partial charge in [0, 0.05) is 19.1 Å². The van der Waals surface area contributed by atoms with Gasteiger partial charge in [0.25, 0.3) is 5.91 Å². The van der Waals surface area contributed by atoms with E-state index < -0.39 is 29.0 Å². The van der Waals surface area contributed by atoms with Crippen molar-refractivity contribution in [1.82, 2.24) is 10.2 Å². The van der Waals surface area contributed by atoms with E-state index in [4.69, 9.17) is 0 Å². The second-order valence-electron chi connectivity index (χ2n) is 5.04. The molecule has 0 spiro atoms. The fourth-order valence-corrected chi connectivity index (χ4v) is 2.57. The summed E-state index contributed by atoms with van der Waals surface area (Å²) in [6.07, 6.45) is -3.08. The number of halogens is 4. The fourth-order valence-electron chi connectivity index (χ4n) is 2.57. The van der Waals surface area contributed by atoms with Crippen LogP contribution in [0.15, 0.2) is 18.2 Å². The lowest BCUT2D eigenvalue weighted by atomic mass is 10.1. The Kier molecular flexibility index (Phi) is 4.51. The maximum atomic E-state index is 13.7. The number of amides is 1. The molecule has 1 saturated heterocycles. The number of carbonyl (C=O) groups is 1. The largest absolute Gasteiger partial charge is 0.416 e. The Morgan fingerprint density at radius 2 is 2.14 bits per heavy atom. The molecule has 116 valence electrons. The first kappa shape index (κ1) is 15.8. The number of benzene rings is 1. The van der Waals surface area contributed by atoms with Crippen LogP contribution >= 0.6 is 0 Å². The minimum absolute atomic E-state index is 0.114. The number of nitrogens with zero attached hydrogens (tertiary/aromatic N) is 1. The summed E-state index contributed by atoms with van der Waals surface area (Å²) in [5.74, 6) is -1.61. The summed E-state index contributed by atoms with van der Waals surface area (Å²) in [5.41, 5.74) is -1.54. The first-order valence-electron chi connectivity index (χ1n) is 6.67. The maximum absolute atomic E-state index is 13.7. The molecule has 1 aromatic rings. The summed E-state index contributed by atoms with van der Waals surface area (Å²) in [5, 5.41) is 2.93. The van der Waals surface area contributed by atoms with E-state index in [0.717, 1.165) is 12.8 Å². The molecule has 1 atom stereocenters. The topological polar surface area (TPSA) is 32.3 Å². The number of carbonyl (C=O) groups excluding carboxylic acids is 1. The van der Waals surface area contributed by atoms with Crippen LogP contribution < -0.4 is 5.32 Å². The van der Waals surface area contributed by atoms with Gasteiger partial charge in [0.2, 0.25) is 0 Å². The summed E-state index contributed by atoms with van der Waals surface area (Å²) in [6.45, 7) is 0.965. The number of nitrogens with one attached hydrogen (secondary N) is 1. The molecule has 2 rings (SSSR count). The zero-order valence-electron chi connectivity index (χ0n) is 11.5. The molecule has 0 saturated carbocycles. The Bertz CT molecular complexity index is 530. The minimum atomic E-state index is -4.60. The van der Waals surface area contributed by atoms with Crippen molar-refractivity contribution < 1.29 is 22.4 Å². The third-order valence-electron chi connectivity index (χ3n) is 3.60. The van der Waals surface area contributed by atoms with Crippen LogP contribution in [0.1, 0.15) is 28.8 Å². The van der Waals surface area contributed by atoms with Gasteiger partial charge < -0.3 is 10.2 Å². The monoisotopic (exact) mass is 304 g/mol. The number of rotatable bonds is 3. The van der Waals surface area contributed by atoms with Gasteiger partial charge in [0.1, 0.15) is 5.82 Å². The molecule has 1 aliphatic heterocycles. The predicted molar refractivity (Wildman–Crippen MR) is 69.4 cm³/mol. The molecule has 1 amide bonds. The Hall–Kier alpha value is -1.63. The third kappa shape index (κ3) is 3.34. The van der Waals surface area contributed by atoms with Gasteiger partial charge in [-0.15, -0.1) is 0 Å². The molecular weight excluding hydrogens is 288 g/mol. The van der Waals surface area contributed by atoms with E-state index >= 15 is 0 Å². The van der Waals surface area contributed by atoms with Crippen LogP contribution in [-0.2, 0) is 6.18 Å².